The maximum Gasteiger partial charge on any atom is 0.177 e. The van der Waals surface area contributed by atoms with E-state index < -0.39 is 15.7 Å². The predicted molar refractivity (Wildman–Crippen MR) is 83.5 cm³/mol. The molecule has 0 N–H and O–H groups in total. The summed E-state index contributed by atoms with van der Waals surface area (Å²) in [6.07, 6.45) is 4.19. The Kier molecular flexibility index (Phi) is 4.74. The molecule has 0 aliphatic rings. The summed E-state index contributed by atoms with van der Waals surface area (Å²) in [7, 11) is -3.29. The number of aliphatic imine (C=N–C) groups is 1. The third-order valence-corrected chi connectivity index (χ3v) is 4.44. The third kappa shape index (κ3) is 3.89. The molecule has 1 heterocycles. The molecule has 110 valence electrons. The Labute approximate surface area is 127 Å². The molecular weight excluding hydrogens is 311 g/mol. The first kappa shape index (κ1) is 15.7. The van der Waals surface area contributed by atoms with Gasteiger partial charge in [-0.15, -0.1) is 11.8 Å². The van der Waals surface area contributed by atoms with E-state index in [1.807, 2.05) is 0 Å². The second-order valence-electron chi connectivity index (χ2n) is 4.22. The molecule has 1 aromatic carbocycles. The normalized spacial score (nSPS) is 12.4. The Morgan fingerprint density at radius 3 is 2.48 bits per heavy atom. The van der Waals surface area contributed by atoms with Crippen molar-refractivity contribution < 1.29 is 12.8 Å². The number of aromatic nitrogens is 1. The third-order valence-electron chi connectivity index (χ3n) is 2.65. The van der Waals surface area contributed by atoms with Crippen molar-refractivity contribution in [1.82, 2.24) is 4.98 Å². The van der Waals surface area contributed by atoms with E-state index in [1.165, 1.54) is 30.1 Å². The summed E-state index contributed by atoms with van der Waals surface area (Å²) < 4.78 is 36.4. The van der Waals surface area contributed by atoms with Crippen LogP contribution in [0.25, 0.3) is 0 Å². The van der Waals surface area contributed by atoms with Crippen LogP contribution in [-0.4, -0.2) is 31.0 Å². The molecule has 0 fully saturated rings. The fourth-order valence-corrected chi connectivity index (χ4v) is 2.66. The summed E-state index contributed by atoms with van der Waals surface area (Å²) in [5, 5.41) is 0.514. The molecule has 0 aliphatic heterocycles. The predicted octanol–water partition coefficient (Wildman–Crippen LogP) is 3.07. The molecule has 0 spiro atoms. The van der Waals surface area contributed by atoms with Crippen LogP contribution in [0.3, 0.4) is 0 Å². The maximum absolute atomic E-state index is 13.6. The quantitative estimate of drug-likeness (QED) is 0.643. The molecule has 21 heavy (non-hydrogen) atoms. The van der Waals surface area contributed by atoms with Gasteiger partial charge < -0.3 is 0 Å². The van der Waals surface area contributed by atoms with Gasteiger partial charge in [0.25, 0.3) is 0 Å². The van der Waals surface area contributed by atoms with Crippen LogP contribution in [0, 0.1) is 5.82 Å². The fraction of sp³-hybridized carbons (Fsp3) is 0.143. The van der Waals surface area contributed by atoms with Crippen LogP contribution in [0.1, 0.15) is 5.69 Å². The molecule has 0 unspecified atom stereocenters. The number of sulfone groups is 1. The van der Waals surface area contributed by atoms with Crippen LogP contribution in [0.2, 0.25) is 0 Å². The highest BCUT2D eigenvalue weighted by Crippen LogP contribution is 2.21. The monoisotopic (exact) mass is 324 g/mol. The van der Waals surface area contributed by atoms with Crippen LogP contribution >= 0.6 is 11.8 Å². The molecule has 1 aromatic heterocycles. The molecule has 2 rings (SSSR count). The number of nitrogens with zero attached hydrogens (tertiary/aromatic N) is 2. The van der Waals surface area contributed by atoms with E-state index in [-0.39, 0.29) is 10.6 Å². The van der Waals surface area contributed by atoms with E-state index in [0.717, 1.165) is 6.26 Å². The fourth-order valence-electron chi connectivity index (χ4n) is 1.59. The van der Waals surface area contributed by atoms with Crippen LogP contribution < -0.4 is 0 Å². The van der Waals surface area contributed by atoms with Gasteiger partial charge in [-0.1, -0.05) is 12.1 Å². The summed E-state index contributed by atoms with van der Waals surface area (Å²) >= 11 is 1.31. The molecule has 0 atom stereocenters. The lowest BCUT2D eigenvalue weighted by atomic mass is 10.3. The molecular formula is C14H13FN2O2S2. The molecule has 0 aliphatic carbocycles. The van der Waals surface area contributed by atoms with Crippen molar-refractivity contribution in [2.75, 3.05) is 12.5 Å². The van der Waals surface area contributed by atoms with E-state index in [4.69, 9.17) is 0 Å². The van der Waals surface area contributed by atoms with Crippen molar-refractivity contribution in [3.63, 3.8) is 0 Å². The number of para-hydroxylation sites is 1. The molecule has 0 amide bonds. The van der Waals surface area contributed by atoms with E-state index in [1.54, 1.807) is 30.5 Å². The van der Waals surface area contributed by atoms with Crippen LogP contribution in [0.5, 0.6) is 0 Å². The Bertz CT molecular complexity index is 772. The summed E-state index contributed by atoms with van der Waals surface area (Å²) in [6, 6.07) is 9.21. The van der Waals surface area contributed by atoms with Gasteiger partial charge in [-0.25, -0.2) is 17.8 Å². The minimum atomic E-state index is -3.29. The second-order valence-corrected chi connectivity index (χ2v) is 7.03. The van der Waals surface area contributed by atoms with E-state index in [0.29, 0.717) is 10.7 Å². The minimum absolute atomic E-state index is 0.137. The van der Waals surface area contributed by atoms with Crippen LogP contribution in [-0.2, 0) is 9.84 Å². The van der Waals surface area contributed by atoms with Gasteiger partial charge in [-0.3, -0.25) is 4.98 Å². The molecule has 2 aromatic rings. The molecule has 0 radical (unpaired) electrons. The van der Waals surface area contributed by atoms with Gasteiger partial charge in [0.2, 0.25) is 0 Å². The molecule has 4 nitrogen and oxygen atoms in total. The van der Waals surface area contributed by atoms with Crippen molar-refractivity contribution in [1.29, 1.82) is 0 Å². The van der Waals surface area contributed by atoms with Gasteiger partial charge in [0, 0.05) is 12.5 Å². The smallest absolute Gasteiger partial charge is 0.177 e. The zero-order valence-corrected chi connectivity index (χ0v) is 13.1. The average molecular weight is 324 g/mol. The highest BCUT2D eigenvalue weighted by Gasteiger charge is 2.10. The van der Waals surface area contributed by atoms with Gasteiger partial charge in [0.05, 0.1) is 10.6 Å². The Balaban J connectivity index is 2.41. The zero-order chi connectivity index (χ0) is 15.5. The summed E-state index contributed by atoms with van der Waals surface area (Å²) in [4.78, 5) is 8.46. The van der Waals surface area contributed by atoms with Crippen LogP contribution in [0.15, 0.2) is 52.5 Å². The Morgan fingerprint density at radius 1 is 1.24 bits per heavy atom. The minimum Gasteiger partial charge on any atom is -0.253 e. The van der Waals surface area contributed by atoms with E-state index >= 15 is 0 Å². The first-order valence-corrected chi connectivity index (χ1v) is 9.07. The average Bonchev–Trinajstić information content (AvgIpc) is 2.46. The lowest BCUT2D eigenvalue weighted by Gasteiger charge is -2.04. The number of rotatable bonds is 3. The lowest BCUT2D eigenvalue weighted by molar-refractivity contribution is 0.601. The van der Waals surface area contributed by atoms with Crippen molar-refractivity contribution >= 4 is 32.3 Å². The summed E-state index contributed by atoms with van der Waals surface area (Å²) in [6.45, 7) is 0. The van der Waals surface area contributed by atoms with Gasteiger partial charge in [-0.05, 0) is 30.5 Å². The second kappa shape index (κ2) is 6.36. The molecule has 0 saturated heterocycles. The number of benzene rings is 1. The standard InChI is InChI=1S/C14H13FN2O2S2/c1-20-14(17-12-6-4-3-5-11(12)15)13-8-7-10(9-16-13)21(2,18)19/h3-9H,1-2H3/b17-14-. The van der Waals surface area contributed by atoms with Crippen molar-refractivity contribution in [3.05, 3.63) is 54.1 Å². The van der Waals surface area contributed by atoms with Gasteiger partial charge in [-0.2, -0.15) is 0 Å². The SMILES string of the molecule is CS/C(=N\c1ccccc1F)c1ccc(S(C)(=O)=O)cn1. The first-order chi connectivity index (χ1) is 9.91. The number of thioether (sulfide) groups is 1. The Hall–Kier alpha value is -1.73. The molecule has 7 heteroatoms. The largest absolute Gasteiger partial charge is 0.253 e. The van der Waals surface area contributed by atoms with Gasteiger partial charge in [0.1, 0.15) is 16.5 Å². The van der Waals surface area contributed by atoms with Crippen molar-refractivity contribution in [3.8, 4) is 0 Å². The van der Waals surface area contributed by atoms with Crippen molar-refractivity contribution in [2.45, 2.75) is 4.90 Å². The maximum atomic E-state index is 13.6. The summed E-state index contributed by atoms with van der Waals surface area (Å²) in [5.74, 6) is -0.420. The van der Waals surface area contributed by atoms with E-state index in [2.05, 4.69) is 9.98 Å². The van der Waals surface area contributed by atoms with Gasteiger partial charge in [0.15, 0.2) is 9.84 Å². The number of hydrogen-bond acceptors (Lipinski definition) is 5. The zero-order valence-electron chi connectivity index (χ0n) is 11.4. The topological polar surface area (TPSA) is 59.4 Å². The highest BCUT2D eigenvalue weighted by molar-refractivity contribution is 8.13. The van der Waals surface area contributed by atoms with Crippen LogP contribution in [0.4, 0.5) is 10.1 Å². The summed E-state index contributed by atoms with van der Waals surface area (Å²) in [5.41, 5.74) is 0.717. The first-order valence-electron chi connectivity index (χ1n) is 5.95. The van der Waals surface area contributed by atoms with E-state index in [9.17, 15) is 12.8 Å². The lowest BCUT2D eigenvalue weighted by Crippen LogP contribution is -2.02. The number of hydrogen-bond donors (Lipinski definition) is 0. The van der Waals surface area contributed by atoms with Gasteiger partial charge >= 0.3 is 0 Å². The molecule has 0 saturated carbocycles. The number of halogens is 1. The van der Waals surface area contributed by atoms with Crippen molar-refractivity contribution in [2.24, 2.45) is 4.99 Å². The Morgan fingerprint density at radius 2 is 1.95 bits per heavy atom. The highest BCUT2D eigenvalue weighted by atomic mass is 32.2. The molecule has 0 bridgehead atoms. The number of pyridine rings is 1.